The van der Waals surface area contributed by atoms with E-state index in [0.29, 0.717) is 17.9 Å². The van der Waals surface area contributed by atoms with Crippen molar-refractivity contribution in [1.82, 2.24) is 0 Å². The van der Waals surface area contributed by atoms with Crippen LogP contribution in [0.1, 0.15) is 31.7 Å². The van der Waals surface area contributed by atoms with Crippen LogP contribution in [0.3, 0.4) is 0 Å². The Kier molecular flexibility index (Phi) is 2.23. The van der Waals surface area contributed by atoms with E-state index < -0.39 is 0 Å². The van der Waals surface area contributed by atoms with Gasteiger partial charge in [0.2, 0.25) is 5.91 Å². The van der Waals surface area contributed by atoms with E-state index in [9.17, 15) is 4.79 Å². The molecule has 0 aromatic heterocycles. The van der Waals surface area contributed by atoms with Crippen LogP contribution in [0.25, 0.3) is 0 Å². The van der Waals surface area contributed by atoms with Crippen LogP contribution < -0.4 is 4.90 Å². The van der Waals surface area contributed by atoms with Crippen molar-refractivity contribution in [3.8, 4) is 0 Å². The highest BCUT2D eigenvalue weighted by atomic mass is 16.2. The summed E-state index contributed by atoms with van der Waals surface area (Å²) in [5.74, 6) is 0.650. The summed E-state index contributed by atoms with van der Waals surface area (Å²) < 4.78 is 0. The molecule has 2 aliphatic rings. The summed E-state index contributed by atoms with van der Waals surface area (Å²) in [5.41, 5.74) is 2.47. The molecular formula is C14H17NO. The van der Waals surface area contributed by atoms with Crippen LogP contribution in [0.5, 0.6) is 0 Å². The fourth-order valence-electron chi connectivity index (χ4n) is 2.75. The van der Waals surface area contributed by atoms with Gasteiger partial charge in [0.05, 0.1) is 0 Å². The third-order valence-electron chi connectivity index (χ3n) is 3.90. The van der Waals surface area contributed by atoms with Crippen molar-refractivity contribution < 1.29 is 4.79 Å². The number of anilines is 1. The second-order valence-electron chi connectivity index (χ2n) is 5.02. The van der Waals surface area contributed by atoms with Gasteiger partial charge in [0.1, 0.15) is 0 Å². The fourth-order valence-corrected chi connectivity index (χ4v) is 2.75. The summed E-state index contributed by atoms with van der Waals surface area (Å²) in [6.45, 7) is 2.15. The molecule has 1 fully saturated rings. The average Bonchev–Trinajstić information content (AvgIpc) is 2.50. The van der Waals surface area contributed by atoms with E-state index in [1.807, 2.05) is 11.0 Å². The zero-order valence-electron chi connectivity index (χ0n) is 9.65. The van der Waals surface area contributed by atoms with Gasteiger partial charge in [-0.1, -0.05) is 24.6 Å². The van der Waals surface area contributed by atoms with Gasteiger partial charge in [-0.15, -0.1) is 0 Å². The van der Waals surface area contributed by atoms with E-state index in [2.05, 4.69) is 25.1 Å². The van der Waals surface area contributed by atoms with Gasteiger partial charge in [-0.3, -0.25) is 4.79 Å². The second-order valence-corrected chi connectivity index (χ2v) is 5.02. The van der Waals surface area contributed by atoms with Gasteiger partial charge in [0.25, 0.3) is 0 Å². The Balaban J connectivity index is 1.92. The standard InChI is InChI=1S/C14H17NO/c1-10-9-12-5-2-3-8-13(12)15(10)14(16)11-6-4-7-11/h2-3,5,8,10-11H,4,6-7,9H2,1H3. The summed E-state index contributed by atoms with van der Waals surface area (Å²) in [6.07, 6.45) is 4.41. The molecule has 0 saturated heterocycles. The maximum atomic E-state index is 12.3. The van der Waals surface area contributed by atoms with E-state index in [1.165, 1.54) is 12.0 Å². The van der Waals surface area contributed by atoms with E-state index in [4.69, 9.17) is 0 Å². The molecule has 1 unspecified atom stereocenters. The lowest BCUT2D eigenvalue weighted by atomic mass is 9.84. The maximum absolute atomic E-state index is 12.3. The molecule has 2 nitrogen and oxygen atoms in total. The van der Waals surface area contributed by atoms with Crippen LogP contribution in [-0.4, -0.2) is 11.9 Å². The zero-order chi connectivity index (χ0) is 11.1. The van der Waals surface area contributed by atoms with Crippen LogP contribution in [0.15, 0.2) is 24.3 Å². The number of amides is 1. The summed E-state index contributed by atoms with van der Waals surface area (Å²) in [5, 5.41) is 0. The summed E-state index contributed by atoms with van der Waals surface area (Å²) in [7, 11) is 0. The number of fused-ring (bicyclic) bond motifs is 1. The SMILES string of the molecule is CC1Cc2ccccc2N1C(=O)C1CCC1. The smallest absolute Gasteiger partial charge is 0.230 e. The lowest BCUT2D eigenvalue weighted by Crippen LogP contribution is -2.42. The van der Waals surface area contributed by atoms with E-state index in [-0.39, 0.29) is 0 Å². The van der Waals surface area contributed by atoms with E-state index >= 15 is 0 Å². The van der Waals surface area contributed by atoms with Crippen LogP contribution in [-0.2, 0) is 11.2 Å². The van der Waals surface area contributed by atoms with Crippen molar-refractivity contribution >= 4 is 11.6 Å². The Hall–Kier alpha value is -1.31. The predicted molar refractivity (Wildman–Crippen MR) is 64.4 cm³/mol. The number of carbonyl (C=O) groups is 1. The van der Waals surface area contributed by atoms with Gasteiger partial charge in [-0.25, -0.2) is 0 Å². The van der Waals surface area contributed by atoms with Gasteiger partial charge < -0.3 is 4.90 Å². The highest BCUT2D eigenvalue weighted by molar-refractivity contribution is 5.98. The first-order valence-corrected chi connectivity index (χ1v) is 6.18. The monoisotopic (exact) mass is 215 g/mol. The first-order valence-electron chi connectivity index (χ1n) is 6.18. The molecule has 1 aliphatic carbocycles. The van der Waals surface area contributed by atoms with Crippen LogP contribution in [0, 0.1) is 5.92 Å². The molecule has 1 aromatic carbocycles. The molecule has 0 N–H and O–H groups in total. The molecule has 1 atom stereocenters. The predicted octanol–water partition coefficient (Wildman–Crippen LogP) is 2.76. The number of benzene rings is 1. The molecular weight excluding hydrogens is 198 g/mol. The average molecular weight is 215 g/mol. The minimum absolute atomic E-state index is 0.300. The van der Waals surface area contributed by atoms with Gasteiger partial charge in [0.15, 0.2) is 0 Å². The summed E-state index contributed by atoms with van der Waals surface area (Å²) >= 11 is 0. The molecule has 0 spiro atoms. The molecule has 3 rings (SSSR count). The Morgan fingerprint density at radius 3 is 2.75 bits per heavy atom. The lowest BCUT2D eigenvalue weighted by molar-refractivity contribution is -0.125. The topological polar surface area (TPSA) is 20.3 Å². The number of carbonyl (C=O) groups excluding carboxylic acids is 1. The Labute approximate surface area is 96.3 Å². The van der Waals surface area contributed by atoms with Crippen molar-refractivity contribution in [2.24, 2.45) is 5.92 Å². The highest BCUT2D eigenvalue weighted by Crippen LogP contribution is 2.36. The fraction of sp³-hybridized carbons (Fsp3) is 0.500. The van der Waals surface area contributed by atoms with Gasteiger partial charge in [0, 0.05) is 17.6 Å². The van der Waals surface area contributed by atoms with E-state index in [0.717, 1.165) is 24.9 Å². The second kappa shape index (κ2) is 3.62. The molecule has 16 heavy (non-hydrogen) atoms. The maximum Gasteiger partial charge on any atom is 0.230 e. The molecule has 1 saturated carbocycles. The number of para-hydroxylation sites is 1. The Bertz CT molecular complexity index is 422. The van der Waals surface area contributed by atoms with E-state index in [1.54, 1.807) is 0 Å². The Morgan fingerprint density at radius 1 is 1.31 bits per heavy atom. The van der Waals surface area contributed by atoms with Crippen molar-refractivity contribution in [3.05, 3.63) is 29.8 Å². The number of hydrogen-bond acceptors (Lipinski definition) is 1. The summed E-state index contributed by atoms with van der Waals surface area (Å²) in [4.78, 5) is 14.4. The van der Waals surface area contributed by atoms with Gasteiger partial charge in [-0.05, 0) is 37.8 Å². The van der Waals surface area contributed by atoms with Crippen molar-refractivity contribution in [3.63, 3.8) is 0 Å². The number of hydrogen-bond donors (Lipinski definition) is 0. The van der Waals surface area contributed by atoms with Crippen molar-refractivity contribution in [2.45, 2.75) is 38.6 Å². The van der Waals surface area contributed by atoms with Crippen LogP contribution in [0.2, 0.25) is 0 Å². The third kappa shape index (κ3) is 1.36. The van der Waals surface area contributed by atoms with Crippen molar-refractivity contribution in [2.75, 3.05) is 4.90 Å². The zero-order valence-corrected chi connectivity index (χ0v) is 9.65. The number of rotatable bonds is 1. The molecule has 0 bridgehead atoms. The quantitative estimate of drug-likeness (QED) is 0.705. The normalized spacial score (nSPS) is 24.1. The van der Waals surface area contributed by atoms with Crippen molar-refractivity contribution in [1.29, 1.82) is 0 Å². The largest absolute Gasteiger partial charge is 0.309 e. The molecule has 1 heterocycles. The Morgan fingerprint density at radius 2 is 2.06 bits per heavy atom. The molecule has 2 heteroatoms. The summed E-state index contributed by atoms with van der Waals surface area (Å²) in [6, 6.07) is 8.64. The van der Waals surface area contributed by atoms with Gasteiger partial charge in [-0.2, -0.15) is 0 Å². The molecule has 1 amide bonds. The lowest BCUT2D eigenvalue weighted by Gasteiger charge is -2.32. The minimum Gasteiger partial charge on any atom is -0.309 e. The highest BCUT2D eigenvalue weighted by Gasteiger charge is 2.36. The molecule has 1 aliphatic heterocycles. The minimum atomic E-state index is 0.300. The first-order chi connectivity index (χ1) is 7.77. The number of nitrogens with zero attached hydrogens (tertiary/aromatic N) is 1. The van der Waals surface area contributed by atoms with Crippen LogP contribution in [0.4, 0.5) is 5.69 Å². The van der Waals surface area contributed by atoms with Crippen LogP contribution >= 0.6 is 0 Å². The van der Waals surface area contributed by atoms with Gasteiger partial charge >= 0.3 is 0 Å². The third-order valence-corrected chi connectivity index (χ3v) is 3.90. The first kappa shape index (κ1) is 9.88. The molecule has 0 radical (unpaired) electrons. The molecule has 84 valence electrons. The molecule has 1 aromatic rings.